The molecular formula is C74H65Cl4F3N14O8. The van der Waals surface area contributed by atoms with E-state index in [9.17, 15) is 37.5 Å². The fraction of sp³-hybridized carbons (Fsp3) is 0.176. The second kappa shape index (κ2) is 34.3. The van der Waals surface area contributed by atoms with Crippen molar-refractivity contribution in [3.05, 3.63) is 258 Å². The van der Waals surface area contributed by atoms with Gasteiger partial charge in [0.15, 0.2) is 0 Å². The number of anilines is 6. The Hall–Kier alpha value is -11.4. The first kappa shape index (κ1) is 74.3. The van der Waals surface area contributed by atoms with Crippen LogP contribution in [0.25, 0.3) is 0 Å². The minimum atomic E-state index is -0.798. The predicted octanol–water partition coefficient (Wildman–Crippen LogP) is 14.6. The molecule has 1 saturated heterocycles. The van der Waals surface area contributed by atoms with Gasteiger partial charge < -0.3 is 56.1 Å². The van der Waals surface area contributed by atoms with Gasteiger partial charge >= 0.3 is 0 Å². The van der Waals surface area contributed by atoms with Crippen LogP contribution in [0.1, 0.15) is 98.1 Å². The Labute approximate surface area is 609 Å². The third kappa shape index (κ3) is 19.0. The number of nitrogens with one attached hydrogen (secondary N) is 7. The summed E-state index contributed by atoms with van der Waals surface area (Å²) in [4.78, 5) is 100. The van der Waals surface area contributed by atoms with Crippen LogP contribution in [0.5, 0.6) is 11.5 Å². The third-order valence-electron chi connectivity index (χ3n) is 16.2. The van der Waals surface area contributed by atoms with E-state index in [1.54, 1.807) is 54.6 Å². The van der Waals surface area contributed by atoms with Crippen LogP contribution in [0.4, 0.5) is 47.6 Å². The Morgan fingerprint density at radius 1 is 0.447 bits per heavy atom. The number of nitrogens with zero attached hydrogens (tertiary/aromatic N) is 7. The lowest BCUT2D eigenvalue weighted by atomic mass is 10.1. The number of aliphatic imine (C=N–C) groups is 2. The zero-order valence-corrected chi connectivity index (χ0v) is 58.6. The van der Waals surface area contributed by atoms with Gasteiger partial charge in [-0.05, 0) is 128 Å². The molecule has 0 bridgehead atoms. The number of benzene rings is 7. The first-order chi connectivity index (χ1) is 49.5. The number of carbonyl (C=O) groups excluding carboxylic acids is 6. The highest BCUT2D eigenvalue weighted by Crippen LogP contribution is 2.36. The molecule has 29 heteroatoms. The van der Waals surface area contributed by atoms with E-state index in [-0.39, 0.29) is 84.4 Å². The van der Waals surface area contributed by atoms with Crippen molar-refractivity contribution in [2.24, 2.45) is 9.98 Å². The van der Waals surface area contributed by atoms with Gasteiger partial charge in [-0.15, -0.1) is 0 Å². The molecule has 0 atom stereocenters. The number of hydrogen-bond acceptors (Lipinski definition) is 15. The number of rotatable bonds is 17. The van der Waals surface area contributed by atoms with Crippen molar-refractivity contribution in [3.8, 4) is 11.5 Å². The van der Waals surface area contributed by atoms with Crippen molar-refractivity contribution in [1.82, 2.24) is 24.7 Å². The average molecular weight is 1480 g/mol. The molecule has 528 valence electrons. The largest absolute Gasteiger partial charge is 0.494 e. The summed E-state index contributed by atoms with van der Waals surface area (Å²) < 4.78 is 53.7. The first-order valence-electron chi connectivity index (χ1n) is 31.8. The summed E-state index contributed by atoms with van der Waals surface area (Å²) in [6.07, 6.45) is 5.83. The van der Waals surface area contributed by atoms with E-state index < -0.39 is 41.2 Å². The summed E-state index contributed by atoms with van der Waals surface area (Å²) in [6.45, 7) is 4.51. The van der Waals surface area contributed by atoms with Gasteiger partial charge in [-0.1, -0.05) is 82.8 Å². The number of ether oxygens (including phenoxy) is 2. The molecule has 7 N–H and O–H groups in total. The van der Waals surface area contributed by atoms with Crippen LogP contribution in [0.15, 0.2) is 180 Å². The minimum absolute atomic E-state index is 0.00147. The van der Waals surface area contributed by atoms with Gasteiger partial charge in [0.05, 0.1) is 82.2 Å². The van der Waals surface area contributed by atoms with Crippen molar-refractivity contribution in [2.75, 3.05) is 99.5 Å². The molecule has 7 aromatic carbocycles. The number of aromatic nitrogens is 2. The molecular weight excluding hydrogens is 1410 g/mol. The number of halogens is 7. The van der Waals surface area contributed by atoms with E-state index in [4.69, 9.17) is 61.3 Å². The topological polar surface area (TPSA) is 277 Å². The summed E-state index contributed by atoms with van der Waals surface area (Å²) in [5, 5.41) is 25.5. The van der Waals surface area contributed by atoms with Gasteiger partial charge in [0.1, 0.15) is 58.1 Å². The van der Waals surface area contributed by atoms with Gasteiger partial charge in [-0.3, -0.25) is 44.2 Å². The van der Waals surface area contributed by atoms with Gasteiger partial charge in [-0.25, -0.2) is 23.1 Å². The molecule has 0 saturated carbocycles. The number of pyridine rings is 2. The standard InChI is InChI=1S/C26H24Cl2FN5O3.C24H20Cl2FN5O3.C24H21FN4O2/c1-37-21-13-17(28)12-19(26(36)32-22-8-6-16(27)14-31-22)23(21)33-25(35)18-7-5-15(11-20(18)29)24(30)34-9-3-2-4-10-34;1-32-8-7-28-22(32)13-3-5-16(18(27)9-13)23(33)31-21-17(10-15(26)11-19(21)35-2)24(34)30-20-6-4-14(25)12-29-20;1-29-15-14-26-22(29)16-6-8-17(9-7-16)23(30)28-21-5-3-2-4-20(21)24(31)27-19-12-10-18(25)11-13-19/h5-8,11-14,30H,2-4,9-10H2,1H3,(H,33,35)(H,31,32,36);3-6,9-12H,7-8H2,1-2H3,(H,31,33)(H,29,30,34);2-13H,14-15H2,1H3,(H,27,31)(H,28,30). The summed E-state index contributed by atoms with van der Waals surface area (Å²) in [5.74, 6) is -2.96. The van der Waals surface area contributed by atoms with Crippen LogP contribution in [-0.2, 0) is 0 Å². The van der Waals surface area contributed by atoms with Crippen molar-refractivity contribution >= 4 is 134 Å². The van der Waals surface area contributed by atoms with Gasteiger partial charge in [-0.2, -0.15) is 0 Å². The maximum absolute atomic E-state index is 15.0. The molecule has 2 aromatic heterocycles. The molecule has 9 aromatic rings. The maximum atomic E-state index is 15.0. The summed E-state index contributed by atoms with van der Waals surface area (Å²) in [7, 11) is 6.56. The highest BCUT2D eigenvalue weighted by molar-refractivity contribution is 6.33. The molecule has 22 nitrogen and oxygen atoms in total. The van der Waals surface area contributed by atoms with E-state index in [0.29, 0.717) is 56.1 Å². The monoisotopic (exact) mass is 1470 g/mol. The van der Waals surface area contributed by atoms with E-state index in [1.165, 1.54) is 118 Å². The smallest absolute Gasteiger partial charge is 0.259 e. The fourth-order valence-electron chi connectivity index (χ4n) is 10.9. The van der Waals surface area contributed by atoms with Crippen LogP contribution < -0.4 is 41.4 Å². The van der Waals surface area contributed by atoms with Crippen molar-refractivity contribution in [1.29, 1.82) is 5.41 Å². The second-order valence-corrected chi connectivity index (χ2v) is 24.9. The summed E-state index contributed by atoms with van der Waals surface area (Å²) >= 11 is 24.0. The number of amidine groups is 3. The van der Waals surface area contributed by atoms with Gasteiger partial charge in [0, 0.05) is 103 Å². The quantitative estimate of drug-likeness (QED) is 0.0330. The number of para-hydroxylation sites is 1. The van der Waals surface area contributed by atoms with Crippen LogP contribution >= 0.6 is 46.4 Å². The van der Waals surface area contributed by atoms with E-state index in [2.05, 4.69) is 56.8 Å². The Morgan fingerprint density at radius 2 is 0.922 bits per heavy atom. The number of amides is 6. The molecule has 3 aliphatic rings. The molecule has 6 amide bonds. The van der Waals surface area contributed by atoms with Gasteiger partial charge in [0.25, 0.3) is 35.4 Å². The average Bonchev–Trinajstić information content (AvgIpc) is 1.31. The normalized spacial score (nSPS) is 13.0. The molecule has 5 heterocycles. The molecule has 0 spiro atoms. The van der Waals surface area contributed by atoms with Crippen LogP contribution in [0, 0.1) is 22.9 Å². The number of piperidine rings is 1. The molecule has 3 aliphatic heterocycles. The zero-order valence-electron chi connectivity index (χ0n) is 55.6. The maximum Gasteiger partial charge on any atom is 0.259 e. The second-order valence-electron chi connectivity index (χ2n) is 23.2. The van der Waals surface area contributed by atoms with Crippen LogP contribution in [0.3, 0.4) is 0 Å². The van der Waals surface area contributed by atoms with E-state index in [0.717, 1.165) is 63.4 Å². The first-order valence-corrected chi connectivity index (χ1v) is 33.3. The third-order valence-corrected chi connectivity index (χ3v) is 17.0. The molecule has 1 fully saturated rings. The van der Waals surface area contributed by atoms with Crippen LogP contribution in [-0.4, -0.2) is 145 Å². The van der Waals surface area contributed by atoms with Crippen molar-refractivity contribution in [3.63, 3.8) is 0 Å². The minimum Gasteiger partial charge on any atom is -0.494 e. The highest BCUT2D eigenvalue weighted by Gasteiger charge is 2.27. The molecule has 103 heavy (non-hydrogen) atoms. The predicted molar refractivity (Wildman–Crippen MR) is 395 cm³/mol. The number of hydrogen-bond donors (Lipinski definition) is 7. The Bertz CT molecular complexity index is 4760. The lowest BCUT2D eigenvalue weighted by Crippen LogP contribution is -2.35. The van der Waals surface area contributed by atoms with Gasteiger partial charge in [0.2, 0.25) is 0 Å². The summed E-state index contributed by atoms with van der Waals surface area (Å²) in [6, 6.07) is 39.4. The Morgan fingerprint density at radius 3 is 1.41 bits per heavy atom. The fourth-order valence-corrected chi connectivity index (χ4v) is 11.5. The highest BCUT2D eigenvalue weighted by atomic mass is 35.5. The number of likely N-dealkylation sites (N-methyl/N-ethyl adjacent to an activating group) is 2. The number of likely N-dealkylation sites (tertiary alicyclic amines) is 1. The Kier molecular flexibility index (Phi) is 24.8. The molecule has 12 rings (SSSR count). The lowest BCUT2D eigenvalue weighted by Gasteiger charge is -2.29. The van der Waals surface area contributed by atoms with Crippen molar-refractivity contribution in [2.45, 2.75) is 19.3 Å². The molecule has 0 radical (unpaired) electrons. The number of methoxy groups -OCH3 is 2. The van der Waals surface area contributed by atoms with Crippen molar-refractivity contribution < 1.29 is 51.4 Å². The number of carbonyl (C=O) groups is 6. The van der Waals surface area contributed by atoms with E-state index >= 15 is 4.39 Å². The molecule has 0 aliphatic carbocycles. The lowest BCUT2D eigenvalue weighted by molar-refractivity contribution is 0.100. The van der Waals surface area contributed by atoms with Crippen LogP contribution in [0.2, 0.25) is 20.1 Å². The SMILES string of the molecule is CN1CCN=C1c1ccc(C(=O)Nc2ccccc2C(=O)Nc2ccc(F)cc2)cc1.COc1cc(Cl)cc(C(=O)Nc2ccc(Cl)cn2)c1NC(=O)c1ccc(C(=N)N2CCCCC2)cc1F.COc1cc(Cl)cc(C(=O)Nc2ccc(Cl)cn2)c1NC(=O)c1ccc(C2=NCCN2C)cc1F. The molecule has 0 unspecified atom stereocenters. The summed E-state index contributed by atoms with van der Waals surface area (Å²) in [5.41, 5.74) is 3.08. The van der Waals surface area contributed by atoms with E-state index in [1.807, 2.05) is 36.0 Å². The Balaban J connectivity index is 0.000000167. The zero-order chi connectivity index (χ0) is 73.4.